The van der Waals surface area contributed by atoms with E-state index in [0.717, 1.165) is 6.54 Å². The van der Waals surface area contributed by atoms with Crippen LogP contribution in [0.2, 0.25) is 0 Å². The maximum atomic E-state index is 9.95. The predicted molar refractivity (Wildman–Crippen MR) is 39.0 cm³/mol. The summed E-state index contributed by atoms with van der Waals surface area (Å²) in [6.45, 7) is 5.66. The Bertz CT molecular complexity index is 147. The van der Waals surface area contributed by atoms with Gasteiger partial charge in [-0.15, -0.1) is 0 Å². The van der Waals surface area contributed by atoms with Crippen molar-refractivity contribution >= 4 is 6.47 Å². The lowest BCUT2D eigenvalue weighted by molar-refractivity contribution is -0.206. The van der Waals surface area contributed by atoms with Crippen molar-refractivity contribution in [3.63, 3.8) is 0 Å². The summed E-state index contributed by atoms with van der Waals surface area (Å²) in [6.07, 6.45) is -0.434. The summed E-state index contributed by atoms with van der Waals surface area (Å²) in [4.78, 5) is 9.95. The monoisotopic (exact) mass is 159 g/mol. The number of morpholine rings is 1. The second-order valence-corrected chi connectivity index (χ2v) is 3.17. The molecule has 1 saturated heterocycles. The quantitative estimate of drug-likeness (QED) is 0.571. The first kappa shape index (κ1) is 8.49. The lowest BCUT2D eigenvalue weighted by atomic mass is 10.1. The van der Waals surface area contributed by atoms with E-state index < -0.39 is 6.29 Å². The molecule has 0 unspecified atom stereocenters. The fraction of sp³-hybridized carbons (Fsp3) is 0.857. The van der Waals surface area contributed by atoms with Gasteiger partial charge in [0, 0.05) is 6.54 Å². The number of ether oxygens (including phenoxy) is 2. The van der Waals surface area contributed by atoms with E-state index in [9.17, 15) is 4.79 Å². The SMILES string of the molecule is CC1(C)CNC[C@@H](OC=O)O1. The lowest BCUT2D eigenvalue weighted by Crippen LogP contribution is -2.51. The number of rotatable bonds is 2. The average molecular weight is 159 g/mol. The number of hydrogen-bond acceptors (Lipinski definition) is 4. The first-order chi connectivity index (χ1) is 5.14. The van der Waals surface area contributed by atoms with Crippen LogP contribution >= 0.6 is 0 Å². The summed E-state index contributed by atoms with van der Waals surface area (Å²) in [5.74, 6) is 0. The Hall–Kier alpha value is -0.610. The zero-order valence-corrected chi connectivity index (χ0v) is 6.79. The van der Waals surface area contributed by atoms with Gasteiger partial charge in [-0.25, -0.2) is 0 Å². The normalized spacial score (nSPS) is 29.5. The Kier molecular flexibility index (Phi) is 2.46. The Labute approximate surface area is 65.9 Å². The topological polar surface area (TPSA) is 47.6 Å². The molecule has 1 atom stereocenters. The fourth-order valence-corrected chi connectivity index (χ4v) is 1.07. The highest BCUT2D eigenvalue weighted by Gasteiger charge is 2.28. The van der Waals surface area contributed by atoms with E-state index in [0.29, 0.717) is 13.0 Å². The Morgan fingerprint density at radius 3 is 3.00 bits per heavy atom. The molecule has 0 radical (unpaired) electrons. The summed E-state index contributed by atoms with van der Waals surface area (Å²) in [5, 5.41) is 3.10. The highest BCUT2D eigenvalue weighted by molar-refractivity contribution is 5.37. The standard InChI is InChI=1S/C7H13NO3/c1-7(2)4-8-3-6(11-7)10-5-9/h5-6,8H,3-4H2,1-2H3/t6-/m0/s1. The summed E-state index contributed by atoms with van der Waals surface area (Å²) in [5.41, 5.74) is -0.244. The van der Waals surface area contributed by atoms with Gasteiger partial charge in [0.15, 0.2) is 0 Å². The molecular formula is C7H13NO3. The number of carbonyl (C=O) groups is 1. The highest BCUT2D eigenvalue weighted by Crippen LogP contribution is 2.14. The molecule has 0 spiro atoms. The molecule has 11 heavy (non-hydrogen) atoms. The number of hydrogen-bond donors (Lipinski definition) is 1. The molecule has 0 aromatic rings. The molecule has 1 rings (SSSR count). The van der Waals surface area contributed by atoms with Gasteiger partial charge in [0.25, 0.3) is 6.47 Å². The van der Waals surface area contributed by atoms with E-state index in [4.69, 9.17) is 4.74 Å². The first-order valence-electron chi connectivity index (χ1n) is 3.62. The van der Waals surface area contributed by atoms with Crippen molar-refractivity contribution in [2.75, 3.05) is 13.1 Å². The molecular weight excluding hydrogens is 146 g/mol. The Balaban J connectivity index is 2.39. The third-order valence-electron chi connectivity index (χ3n) is 1.52. The Morgan fingerprint density at radius 1 is 1.73 bits per heavy atom. The molecule has 0 aromatic carbocycles. The Morgan fingerprint density at radius 2 is 2.45 bits per heavy atom. The molecule has 0 aromatic heterocycles. The smallest absolute Gasteiger partial charge is 0.295 e. The third-order valence-corrected chi connectivity index (χ3v) is 1.52. The molecule has 1 N–H and O–H groups in total. The minimum Gasteiger partial charge on any atom is -0.437 e. The van der Waals surface area contributed by atoms with Crippen LogP contribution in [0.15, 0.2) is 0 Å². The van der Waals surface area contributed by atoms with Crippen molar-refractivity contribution in [3.05, 3.63) is 0 Å². The van der Waals surface area contributed by atoms with Crippen LogP contribution in [-0.2, 0) is 14.3 Å². The van der Waals surface area contributed by atoms with Gasteiger partial charge in [0.05, 0.1) is 12.1 Å². The van der Waals surface area contributed by atoms with Crippen LogP contribution in [-0.4, -0.2) is 31.5 Å². The van der Waals surface area contributed by atoms with Gasteiger partial charge in [-0.3, -0.25) is 4.79 Å². The molecule has 1 aliphatic rings. The third kappa shape index (κ3) is 2.48. The molecule has 0 amide bonds. The van der Waals surface area contributed by atoms with Crippen LogP contribution < -0.4 is 5.32 Å². The van der Waals surface area contributed by atoms with Gasteiger partial charge in [-0.2, -0.15) is 0 Å². The zero-order chi connectivity index (χ0) is 8.32. The van der Waals surface area contributed by atoms with Crippen LogP contribution in [0.4, 0.5) is 0 Å². The maximum absolute atomic E-state index is 9.95. The minimum absolute atomic E-state index is 0.244. The van der Waals surface area contributed by atoms with Gasteiger partial charge in [0.2, 0.25) is 6.29 Å². The molecule has 4 nitrogen and oxygen atoms in total. The van der Waals surface area contributed by atoms with Gasteiger partial charge >= 0.3 is 0 Å². The summed E-state index contributed by atoms with van der Waals surface area (Å²) >= 11 is 0. The van der Waals surface area contributed by atoms with Crippen molar-refractivity contribution in [2.45, 2.75) is 25.7 Å². The lowest BCUT2D eigenvalue weighted by Gasteiger charge is -2.35. The predicted octanol–water partition coefficient (Wildman–Crippen LogP) is -0.116. The van der Waals surface area contributed by atoms with Crippen molar-refractivity contribution in [1.82, 2.24) is 5.32 Å². The molecule has 1 aliphatic heterocycles. The van der Waals surface area contributed by atoms with Gasteiger partial charge < -0.3 is 14.8 Å². The summed E-state index contributed by atoms with van der Waals surface area (Å²) < 4.78 is 10.1. The van der Waals surface area contributed by atoms with Gasteiger partial charge in [0.1, 0.15) is 0 Å². The second kappa shape index (κ2) is 3.19. The number of carbonyl (C=O) groups excluding carboxylic acids is 1. The highest BCUT2D eigenvalue weighted by atomic mass is 16.7. The molecule has 4 heteroatoms. The van der Waals surface area contributed by atoms with Crippen LogP contribution in [0.3, 0.4) is 0 Å². The maximum Gasteiger partial charge on any atom is 0.295 e. The van der Waals surface area contributed by atoms with Crippen LogP contribution in [0.25, 0.3) is 0 Å². The van der Waals surface area contributed by atoms with E-state index in [1.165, 1.54) is 0 Å². The molecule has 0 saturated carbocycles. The van der Waals surface area contributed by atoms with Gasteiger partial charge in [-0.1, -0.05) is 0 Å². The summed E-state index contributed by atoms with van der Waals surface area (Å²) in [6, 6.07) is 0. The zero-order valence-electron chi connectivity index (χ0n) is 6.79. The minimum atomic E-state index is -0.434. The van der Waals surface area contributed by atoms with Crippen LogP contribution in [0.1, 0.15) is 13.8 Å². The largest absolute Gasteiger partial charge is 0.437 e. The van der Waals surface area contributed by atoms with Crippen LogP contribution in [0.5, 0.6) is 0 Å². The molecule has 0 aliphatic carbocycles. The second-order valence-electron chi connectivity index (χ2n) is 3.17. The molecule has 1 fully saturated rings. The van der Waals surface area contributed by atoms with Crippen LogP contribution in [0, 0.1) is 0 Å². The molecule has 1 heterocycles. The average Bonchev–Trinajstić information content (AvgIpc) is 1.85. The van der Waals surface area contributed by atoms with E-state index in [1.54, 1.807) is 0 Å². The first-order valence-corrected chi connectivity index (χ1v) is 3.62. The van der Waals surface area contributed by atoms with E-state index in [2.05, 4.69) is 10.1 Å². The fourth-order valence-electron chi connectivity index (χ4n) is 1.07. The van der Waals surface area contributed by atoms with Crippen molar-refractivity contribution in [2.24, 2.45) is 0 Å². The molecule has 64 valence electrons. The van der Waals surface area contributed by atoms with Gasteiger partial charge in [-0.05, 0) is 13.8 Å². The number of nitrogens with one attached hydrogen (secondary N) is 1. The van der Waals surface area contributed by atoms with Crippen molar-refractivity contribution < 1.29 is 14.3 Å². The van der Waals surface area contributed by atoms with E-state index in [1.807, 2.05) is 13.8 Å². The summed E-state index contributed by atoms with van der Waals surface area (Å²) in [7, 11) is 0. The van der Waals surface area contributed by atoms with Crippen molar-refractivity contribution in [1.29, 1.82) is 0 Å². The van der Waals surface area contributed by atoms with E-state index in [-0.39, 0.29) is 5.60 Å². The van der Waals surface area contributed by atoms with Crippen molar-refractivity contribution in [3.8, 4) is 0 Å². The van der Waals surface area contributed by atoms with E-state index >= 15 is 0 Å². The molecule has 0 bridgehead atoms.